The van der Waals surface area contributed by atoms with E-state index in [0.29, 0.717) is 6.04 Å². The molecule has 6 nitrogen and oxygen atoms in total. The highest BCUT2D eigenvalue weighted by Crippen LogP contribution is 2.15. The molecule has 0 aromatic carbocycles. The monoisotopic (exact) mass is 251 g/mol. The van der Waals surface area contributed by atoms with Gasteiger partial charge in [0.15, 0.2) is 0 Å². The van der Waals surface area contributed by atoms with E-state index in [9.17, 15) is 4.79 Å². The van der Waals surface area contributed by atoms with Gasteiger partial charge >= 0.3 is 0 Å². The topological polar surface area (TPSA) is 63.1 Å². The largest absolute Gasteiger partial charge is 0.353 e. The van der Waals surface area contributed by atoms with E-state index in [0.717, 1.165) is 19.6 Å². The van der Waals surface area contributed by atoms with E-state index >= 15 is 0 Å². The van der Waals surface area contributed by atoms with Crippen LogP contribution in [0.5, 0.6) is 0 Å². The molecule has 1 saturated heterocycles. The van der Waals surface area contributed by atoms with E-state index < -0.39 is 0 Å². The lowest BCUT2D eigenvalue weighted by molar-refractivity contribution is -0.124. The number of likely N-dealkylation sites (N-methyl/N-ethyl adjacent to an activating group) is 1. The molecule has 0 spiro atoms. The number of carbonyl (C=O) groups excluding carboxylic acids is 1. The molecule has 0 bridgehead atoms. The van der Waals surface area contributed by atoms with Crippen LogP contribution in [0.1, 0.15) is 32.7 Å². The van der Waals surface area contributed by atoms with Crippen molar-refractivity contribution < 1.29 is 4.79 Å². The first-order valence-electron chi connectivity index (χ1n) is 6.58. The van der Waals surface area contributed by atoms with Crippen LogP contribution in [0.3, 0.4) is 0 Å². The fourth-order valence-electron chi connectivity index (χ4n) is 2.45. The van der Waals surface area contributed by atoms with Gasteiger partial charge in [0.1, 0.15) is 18.7 Å². The lowest BCUT2D eigenvalue weighted by atomic mass is 10.2. The first-order chi connectivity index (χ1) is 8.72. The molecule has 1 N–H and O–H groups in total. The number of hydrogen-bond acceptors (Lipinski definition) is 4. The van der Waals surface area contributed by atoms with E-state index in [4.69, 9.17) is 0 Å². The zero-order valence-electron chi connectivity index (χ0n) is 11.0. The summed E-state index contributed by atoms with van der Waals surface area (Å²) in [5.41, 5.74) is 0. The van der Waals surface area contributed by atoms with Crippen LogP contribution >= 0.6 is 0 Å². The van der Waals surface area contributed by atoms with Crippen LogP contribution in [0.25, 0.3) is 0 Å². The van der Waals surface area contributed by atoms with Crippen molar-refractivity contribution in [2.75, 3.05) is 19.6 Å². The predicted octanol–water partition coefficient (Wildman–Crippen LogP) is 0.440. The number of likely N-dealkylation sites (tertiary alicyclic amines) is 1. The molecule has 100 valence electrons. The molecule has 2 rings (SSSR count). The molecule has 2 atom stereocenters. The summed E-state index contributed by atoms with van der Waals surface area (Å²) in [6.07, 6.45) is 5.41. The van der Waals surface area contributed by atoms with E-state index in [2.05, 4.69) is 27.2 Å². The van der Waals surface area contributed by atoms with Gasteiger partial charge in [0, 0.05) is 12.6 Å². The molecule has 18 heavy (non-hydrogen) atoms. The highest BCUT2D eigenvalue weighted by atomic mass is 16.2. The first-order valence-corrected chi connectivity index (χ1v) is 6.58. The molecule has 1 aliphatic rings. The van der Waals surface area contributed by atoms with Gasteiger partial charge in [-0.05, 0) is 32.9 Å². The average molecular weight is 251 g/mol. The van der Waals surface area contributed by atoms with Gasteiger partial charge in [0.2, 0.25) is 5.91 Å². The van der Waals surface area contributed by atoms with Crippen molar-refractivity contribution in [3.63, 3.8) is 0 Å². The molecule has 0 aliphatic carbocycles. The maximum atomic E-state index is 12.0. The maximum Gasteiger partial charge on any atom is 0.244 e. The zero-order valence-corrected chi connectivity index (χ0v) is 11.0. The van der Waals surface area contributed by atoms with Crippen molar-refractivity contribution in [3.8, 4) is 0 Å². The Kier molecular flexibility index (Phi) is 4.30. The summed E-state index contributed by atoms with van der Waals surface area (Å²) in [7, 11) is 0. The first kappa shape index (κ1) is 13.0. The third-order valence-corrected chi connectivity index (χ3v) is 3.63. The van der Waals surface area contributed by atoms with Crippen molar-refractivity contribution in [3.05, 3.63) is 12.7 Å². The Labute approximate surface area is 107 Å². The second-order valence-corrected chi connectivity index (χ2v) is 4.72. The highest BCUT2D eigenvalue weighted by molar-refractivity contribution is 5.79. The van der Waals surface area contributed by atoms with E-state index in [1.807, 2.05) is 6.92 Å². The Morgan fingerprint density at radius 3 is 3.11 bits per heavy atom. The molecule has 1 amide bonds. The summed E-state index contributed by atoms with van der Waals surface area (Å²) < 4.78 is 1.57. The SMILES string of the molecule is CCN1CCC[C@@H]1CNC(=O)[C@H](C)n1cncn1. The molecule has 1 aromatic rings. The number of amides is 1. The van der Waals surface area contributed by atoms with Gasteiger partial charge in [0.25, 0.3) is 0 Å². The second kappa shape index (κ2) is 5.95. The lowest BCUT2D eigenvalue weighted by Gasteiger charge is -2.23. The van der Waals surface area contributed by atoms with Crippen LogP contribution in [0.15, 0.2) is 12.7 Å². The van der Waals surface area contributed by atoms with E-state index in [1.165, 1.54) is 19.2 Å². The van der Waals surface area contributed by atoms with Crippen LogP contribution < -0.4 is 5.32 Å². The molecule has 6 heteroatoms. The number of nitrogens with zero attached hydrogens (tertiary/aromatic N) is 4. The fourth-order valence-corrected chi connectivity index (χ4v) is 2.45. The van der Waals surface area contributed by atoms with Crippen molar-refractivity contribution in [2.24, 2.45) is 0 Å². The molecule has 1 aromatic heterocycles. The Morgan fingerprint density at radius 2 is 2.44 bits per heavy atom. The van der Waals surface area contributed by atoms with Gasteiger partial charge in [-0.2, -0.15) is 5.10 Å². The third-order valence-electron chi connectivity index (χ3n) is 3.63. The second-order valence-electron chi connectivity index (χ2n) is 4.72. The van der Waals surface area contributed by atoms with Gasteiger partial charge in [-0.15, -0.1) is 0 Å². The molecule has 0 radical (unpaired) electrons. The Bertz CT molecular complexity index is 378. The van der Waals surface area contributed by atoms with Crippen LogP contribution in [0.2, 0.25) is 0 Å². The van der Waals surface area contributed by atoms with Gasteiger partial charge < -0.3 is 5.32 Å². The normalized spacial score (nSPS) is 22.0. The smallest absolute Gasteiger partial charge is 0.244 e. The number of carbonyl (C=O) groups is 1. The molecule has 1 fully saturated rings. The van der Waals surface area contributed by atoms with Crippen LogP contribution in [-0.2, 0) is 4.79 Å². The minimum absolute atomic E-state index is 0.00320. The number of aromatic nitrogens is 3. The standard InChI is InChI=1S/C12H21N5O/c1-3-16-6-4-5-11(16)7-14-12(18)10(2)17-9-13-8-15-17/h8-11H,3-7H2,1-2H3,(H,14,18)/t10-,11+/m0/s1. The summed E-state index contributed by atoms with van der Waals surface area (Å²) >= 11 is 0. The maximum absolute atomic E-state index is 12.0. The minimum Gasteiger partial charge on any atom is -0.353 e. The molecule has 0 saturated carbocycles. The minimum atomic E-state index is -0.302. The summed E-state index contributed by atoms with van der Waals surface area (Å²) in [5, 5.41) is 6.99. The fraction of sp³-hybridized carbons (Fsp3) is 0.750. The molecule has 2 heterocycles. The summed E-state index contributed by atoms with van der Waals surface area (Å²) in [6.45, 7) is 6.93. The predicted molar refractivity (Wildman–Crippen MR) is 68.0 cm³/mol. The van der Waals surface area contributed by atoms with Gasteiger partial charge in [-0.1, -0.05) is 6.92 Å². The number of rotatable bonds is 5. The van der Waals surface area contributed by atoms with Crippen molar-refractivity contribution in [1.29, 1.82) is 0 Å². The van der Waals surface area contributed by atoms with E-state index in [-0.39, 0.29) is 11.9 Å². The van der Waals surface area contributed by atoms with Crippen molar-refractivity contribution in [1.82, 2.24) is 25.0 Å². The summed E-state index contributed by atoms with van der Waals surface area (Å²) in [5.74, 6) is 0.00320. The summed E-state index contributed by atoms with van der Waals surface area (Å²) in [4.78, 5) is 18.2. The third kappa shape index (κ3) is 2.87. The molecule has 0 unspecified atom stereocenters. The van der Waals surface area contributed by atoms with Gasteiger partial charge in [-0.25, -0.2) is 9.67 Å². The summed E-state index contributed by atoms with van der Waals surface area (Å²) in [6, 6.07) is 0.186. The highest BCUT2D eigenvalue weighted by Gasteiger charge is 2.24. The molecule has 1 aliphatic heterocycles. The number of hydrogen-bond donors (Lipinski definition) is 1. The quantitative estimate of drug-likeness (QED) is 0.825. The number of nitrogens with one attached hydrogen (secondary N) is 1. The van der Waals surface area contributed by atoms with Crippen LogP contribution in [0, 0.1) is 0 Å². The van der Waals surface area contributed by atoms with Crippen molar-refractivity contribution >= 4 is 5.91 Å². The van der Waals surface area contributed by atoms with Gasteiger partial charge in [0.05, 0.1) is 0 Å². The van der Waals surface area contributed by atoms with Crippen LogP contribution in [-0.4, -0.2) is 51.2 Å². The average Bonchev–Trinajstić information content (AvgIpc) is 3.05. The van der Waals surface area contributed by atoms with Crippen molar-refractivity contribution in [2.45, 2.75) is 38.8 Å². The Morgan fingerprint density at radius 1 is 1.61 bits per heavy atom. The Hall–Kier alpha value is -1.43. The van der Waals surface area contributed by atoms with E-state index in [1.54, 1.807) is 11.0 Å². The molecular weight excluding hydrogens is 230 g/mol. The lowest BCUT2D eigenvalue weighted by Crippen LogP contribution is -2.42. The Balaban J connectivity index is 1.81. The van der Waals surface area contributed by atoms with Crippen LogP contribution in [0.4, 0.5) is 0 Å². The zero-order chi connectivity index (χ0) is 13.0. The molecular formula is C12H21N5O. The van der Waals surface area contributed by atoms with Gasteiger partial charge in [-0.3, -0.25) is 9.69 Å².